The molecule has 0 aromatic carbocycles. The minimum absolute atomic E-state index is 0.215. The van der Waals surface area contributed by atoms with E-state index in [2.05, 4.69) is 4.90 Å². The fourth-order valence-corrected chi connectivity index (χ4v) is 2.27. The Kier molecular flexibility index (Phi) is 16.8. The number of hydrogen-bond acceptors (Lipinski definition) is 3. The van der Waals surface area contributed by atoms with Crippen LogP contribution in [0.25, 0.3) is 0 Å². The molecule has 0 saturated carbocycles. The average molecular weight is 274 g/mol. The molecular formula is C15H34N2O2. The fraction of sp³-hybridized carbons (Fsp3) is 0.933. The fourth-order valence-electron chi connectivity index (χ4n) is 2.27. The number of hydrogen-bond donors (Lipinski definition) is 1. The van der Waals surface area contributed by atoms with Crippen LogP contribution < -0.4 is 5.73 Å². The van der Waals surface area contributed by atoms with Crippen LogP contribution in [0, 0.1) is 5.92 Å². The average Bonchev–Trinajstić information content (AvgIpc) is 2.43. The van der Waals surface area contributed by atoms with Crippen molar-refractivity contribution >= 4 is 5.91 Å². The number of primary amides is 1. The highest BCUT2D eigenvalue weighted by molar-refractivity contribution is 5.75. The van der Waals surface area contributed by atoms with E-state index in [0.29, 0.717) is 12.5 Å². The Labute approximate surface area is 119 Å². The van der Waals surface area contributed by atoms with Crippen LogP contribution in [0.3, 0.4) is 0 Å². The summed E-state index contributed by atoms with van der Waals surface area (Å²) in [5, 5.41) is 0. The summed E-state index contributed by atoms with van der Waals surface area (Å²) in [4.78, 5) is 13.0. The van der Waals surface area contributed by atoms with Gasteiger partial charge in [0.25, 0.3) is 0 Å². The van der Waals surface area contributed by atoms with Gasteiger partial charge in [-0.25, -0.2) is 0 Å². The van der Waals surface area contributed by atoms with Crippen molar-refractivity contribution in [3.63, 3.8) is 0 Å². The number of ether oxygens (including phenoxy) is 1. The van der Waals surface area contributed by atoms with Crippen molar-refractivity contribution in [2.24, 2.45) is 11.7 Å². The number of methoxy groups -OCH3 is 1. The molecule has 1 fully saturated rings. The van der Waals surface area contributed by atoms with E-state index in [9.17, 15) is 4.79 Å². The van der Waals surface area contributed by atoms with Gasteiger partial charge in [0.2, 0.25) is 5.91 Å². The molecule has 1 rings (SSSR count). The van der Waals surface area contributed by atoms with E-state index >= 15 is 0 Å². The molecule has 1 heterocycles. The maximum absolute atomic E-state index is 10.8. The molecule has 1 amide bonds. The van der Waals surface area contributed by atoms with Gasteiger partial charge in [-0.15, -0.1) is 0 Å². The highest BCUT2D eigenvalue weighted by Gasteiger charge is 2.20. The monoisotopic (exact) mass is 274 g/mol. The van der Waals surface area contributed by atoms with E-state index in [1.165, 1.54) is 19.3 Å². The second-order valence-corrected chi connectivity index (χ2v) is 4.34. The van der Waals surface area contributed by atoms with Crippen molar-refractivity contribution in [3.8, 4) is 0 Å². The van der Waals surface area contributed by atoms with Crippen molar-refractivity contribution in [2.75, 3.05) is 33.4 Å². The van der Waals surface area contributed by atoms with Gasteiger partial charge in [0.05, 0.1) is 6.54 Å². The number of nitrogens with zero attached hydrogens (tertiary/aromatic N) is 1. The summed E-state index contributed by atoms with van der Waals surface area (Å²) in [7, 11) is 1.74. The van der Waals surface area contributed by atoms with Gasteiger partial charge in [-0.05, 0) is 38.1 Å². The number of carbonyl (C=O) groups is 1. The van der Waals surface area contributed by atoms with E-state index in [-0.39, 0.29) is 5.91 Å². The molecule has 0 bridgehead atoms. The summed E-state index contributed by atoms with van der Waals surface area (Å²) in [6.45, 7) is 11.3. The minimum atomic E-state index is -0.215. The SMILES string of the molecule is CC.CC.COCCCC1CCCN(CC(N)=O)C1. The molecule has 0 spiro atoms. The van der Waals surface area contributed by atoms with Gasteiger partial charge in [-0.3, -0.25) is 9.69 Å². The molecule has 116 valence electrons. The third kappa shape index (κ3) is 12.2. The summed E-state index contributed by atoms with van der Waals surface area (Å²) in [5.74, 6) is 0.501. The Morgan fingerprint density at radius 1 is 1.32 bits per heavy atom. The van der Waals surface area contributed by atoms with E-state index < -0.39 is 0 Å². The molecular weight excluding hydrogens is 240 g/mol. The standard InChI is InChI=1S/C11H22N2O2.2C2H6/c1-15-7-3-5-10-4-2-6-13(8-10)9-11(12)14;2*1-2/h10H,2-9H2,1H3,(H2,12,14);2*1-2H3. The Morgan fingerprint density at radius 2 is 1.95 bits per heavy atom. The van der Waals surface area contributed by atoms with Crippen molar-refractivity contribution < 1.29 is 9.53 Å². The van der Waals surface area contributed by atoms with E-state index in [4.69, 9.17) is 10.5 Å². The quantitative estimate of drug-likeness (QED) is 0.758. The summed E-state index contributed by atoms with van der Waals surface area (Å²) in [6, 6.07) is 0. The zero-order chi connectivity index (χ0) is 15.1. The highest BCUT2D eigenvalue weighted by Crippen LogP contribution is 2.20. The molecule has 0 aliphatic carbocycles. The van der Waals surface area contributed by atoms with Crippen LogP contribution in [0.1, 0.15) is 53.4 Å². The molecule has 1 atom stereocenters. The molecule has 1 aliphatic rings. The predicted molar refractivity (Wildman–Crippen MR) is 82.2 cm³/mol. The van der Waals surface area contributed by atoms with Crippen LogP contribution in [-0.2, 0) is 9.53 Å². The lowest BCUT2D eigenvalue weighted by Crippen LogP contribution is -2.40. The Balaban J connectivity index is 0. The predicted octanol–water partition coefficient (Wildman–Crippen LogP) is 2.66. The van der Waals surface area contributed by atoms with Gasteiger partial charge < -0.3 is 10.5 Å². The molecule has 0 aromatic heterocycles. The van der Waals surface area contributed by atoms with Crippen LogP contribution in [0.5, 0.6) is 0 Å². The summed E-state index contributed by atoms with van der Waals surface area (Å²) >= 11 is 0. The maximum Gasteiger partial charge on any atom is 0.231 e. The first-order valence-electron chi connectivity index (χ1n) is 7.72. The van der Waals surface area contributed by atoms with Crippen LogP contribution in [0.2, 0.25) is 0 Å². The molecule has 1 aliphatic heterocycles. The topological polar surface area (TPSA) is 55.6 Å². The third-order valence-corrected chi connectivity index (χ3v) is 2.94. The smallest absolute Gasteiger partial charge is 0.231 e. The van der Waals surface area contributed by atoms with Gasteiger partial charge in [0, 0.05) is 20.3 Å². The number of piperidine rings is 1. The van der Waals surface area contributed by atoms with Crippen LogP contribution in [-0.4, -0.2) is 44.2 Å². The summed E-state index contributed by atoms with van der Waals surface area (Å²) < 4.78 is 5.04. The minimum Gasteiger partial charge on any atom is -0.385 e. The Hall–Kier alpha value is -0.610. The number of nitrogens with two attached hydrogens (primary N) is 1. The zero-order valence-corrected chi connectivity index (χ0v) is 13.6. The molecule has 0 aromatic rings. The Morgan fingerprint density at radius 3 is 2.47 bits per heavy atom. The maximum atomic E-state index is 10.8. The van der Waals surface area contributed by atoms with Crippen molar-refractivity contribution in [3.05, 3.63) is 0 Å². The lowest BCUT2D eigenvalue weighted by molar-refractivity contribution is -0.119. The van der Waals surface area contributed by atoms with Crippen LogP contribution in [0.15, 0.2) is 0 Å². The zero-order valence-electron chi connectivity index (χ0n) is 13.6. The lowest BCUT2D eigenvalue weighted by atomic mass is 9.93. The number of amides is 1. The Bertz CT molecular complexity index is 199. The first-order valence-corrected chi connectivity index (χ1v) is 7.72. The first-order chi connectivity index (χ1) is 9.22. The molecule has 0 radical (unpaired) electrons. The van der Waals surface area contributed by atoms with Gasteiger partial charge in [0.15, 0.2) is 0 Å². The molecule has 4 nitrogen and oxygen atoms in total. The van der Waals surface area contributed by atoms with Crippen LogP contribution >= 0.6 is 0 Å². The van der Waals surface area contributed by atoms with Gasteiger partial charge in [-0.1, -0.05) is 27.7 Å². The first kappa shape index (κ1) is 20.7. The largest absolute Gasteiger partial charge is 0.385 e. The summed E-state index contributed by atoms with van der Waals surface area (Å²) in [5.41, 5.74) is 5.19. The summed E-state index contributed by atoms with van der Waals surface area (Å²) in [6.07, 6.45) is 4.78. The molecule has 1 saturated heterocycles. The van der Waals surface area contributed by atoms with E-state index in [0.717, 1.165) is 26.1 Å². The lowest BCUT2D eigenvalue weighted by Gasteiger charge is -2.31. The normalized spacial score (nSPS) is 18.7. The third-order valence-electron chi connectivity index (χ3n) is 2.94. The van der Waals surface area contributed by atoms with Gasteiger partial charge in [-0.2, -0.15) is 0 Å². The molecule has 19 heavy (non-hydrogen) atoms. The van der Waals surface area contributed by atoms with E-state index in [1.54, 1.807) is 7.11 Å². The molecule has 1 unspecified atom stereocenters. The van der Waals surface area contributed by atoms with Gasteiger partial charge >= 0.3 is 0 Å². The number of likely N-dealkylation sites (tertiary alicyclic amines) is 1. The number of rotatable bonds is 6. The van der Waals surface area contributed by atoms with Crippen molar-refractivity contribution in [1.29, 1.82) is 0 Å². The van der Waals surface area contributed by atoms with Crippen molar-refractivity contribution in [1.82, 2.24) is 4.90 Å². The second-order valence-electron chi connectivity index (χ2n) is 4.34. The van der Waals surface area contributed by atoms with Gasteiger partial charge in [0.1, 0.15) is 0 Å². The molecule has 4 heteroatoms. The highest BCUT2D eigenvalue weighted by atomic mass is 16.5. The molecule has 2 N–H and O–H groups in total. The second kappa shape index (κ2) is 15.4. The van der Waals surface area contributed by atoms with E-state index in [1.807, 2.05) is 27.7 Å². The van der Waals surface area contributed by atoms with Crippen LogP contribution in [0.4, 0.5) is 0 Å². The van der Waals surface area contributed by atoms with Crippen molar-refractivity contribution in [2.45, 2.75) is 53.4 Å². The number of carbonyl (C=O) groups excluding carboxylic acids is 1.